The summed E-state index contributed by atoms with van der Waals surface area (Å²) in [6.07, 6.45) is 0.803. The third-order valence-corrected chi connectivity index (χ3v) is 3.44. The van der Waals surface area contributed by atoms with Gasteiger partial charge in [0.1, 0.15) is 0 Å². The van der Waals surface area contributed by atoms with E-state index in [-0.39, 0.29) is 12.6 Å². The molecular formula is C15H21ClN2O4. The molecule has 0 bridgehead atoms. The Morgan fingerprint density at radius 3 is 2.82 bits per heavy atom. The molecule has 122 valence electrons. The van der Waals surface area contributed by atoms with Crippen molar-refractivity contribution in [3.8, 4) is 11.5 Å². The lowest BCUT2D eigenvalue weighted by Crippen LogP contribution is -2.50. The molecule has 1 aliphatic rings. The van der Waals surface area contributed by atoms with Gasteiger partial charge < -0.3 is 25.2 Å². The third-order valence-electron chi connectivity index (χ3n) is 3.16. The Labute approximate surface area is 134 Å². The van der Waals surface area contributed by atoms with Gasteiger partial charge in [-0.25, -0.2) is 4.79 Å². The number of ether oxygens (including phenoxy) is 2. The normalized spacial score (nSPS) is 14.2. The number of rotatable bonds is 4. The van der Waals surface area contributed by atoms with Gasteiger partial charge in [0.05, 0.1) is 30.4 Å². The van der Waals surface area contributed by atoms with Crippen LogP contribution in [-0.4, -0.2) is 36.5 Å². The predicted octanol–water partition coefficient (Wildman–Crippen LogP) is 2.07. The lowest BCUT2D eigenvalue weighted by atomic mass is 10.1. The number of urea groups is 1. The Morgan fingerprint density at radius 2 is 2.09 bits per heavy atom. The summed E-state index contributed by atoms with van der Waals surface area (Å²) in [5, 5.41) is 15.0. The van der Waals surface area contributed by atoms with Crippen LogP contribution in [-0.2, 0) is 6.54 Å². The van der Waals surface area contributed by atoms with Crippen LogP contribution in [0.4, 0.5) is 4.79 Å². The molecule has 1 heterocycles. The Hall–Kier alpha value is -1.66. The quantitative estimate of drug-likeness (QED) is 0.790. The predicted molar refractivity (Wildman–Crippen MR) is 83.6 cm³/mol. The maximum Gasteiger partial charge on any atom is 0.315 e. The average molecular weight is 329 g/mol. The molecule has 1 aromatic rings. The maximum absolute atomic E-state index is 11.8. The van der Waals surface area contributed by atoms with Gasteiger partial charge in [0.15, 0.2) is 11.5 Å². The van der Waals surface area contributed by atoms with E-state index in [9.17, 15) is 4.79 Å². The fourth-order valence-corrected chi connectivity index (χ4v) is 2.25. The standard InChI is InChI=1S/C15H21ClN2O4/c1-15(2,9-19)18-14(20)17-8-10-6-11(16)13-12(7-10)21-4-3-5-22-13/h6-7,19H,3-5,8-9H2,1-2H3,(H2,17,18,20). The van der Waals surface area contributed by atoms with E-state index in [1.54, 1.807) is 19.9 Å². The minimum absolute atomic E-state index is 0.143. The van der Waals surface area contributed by atoms with Crippen LogP contribution in [0, 0.1) is 0 Å². The van der Waals surface area contributed by atoms with Crippen LogP contribution in [0.1, 0.15) is 25.8 Å². The van der Waals surface area contributed by atoms with Gasteiger partial charge in [0.2, 0.25) is 0 Å². The van der Waals surface area contributed by atoms with E-state index >= 15 is 0 Å². The van der Waals surface area contributed by atoms with Crippen molar-refractivity contribution in [3.05, 3.63) is 22.7 Å². The number of carbonyl (C=O) groups is 1. The fourth-order valence-electron chi connectivity index (χ4n) is 1.96. The molecule has 0 aliphatic carbocycles. The van der Waals surface area contributed by atoms with E-state index in [0.29, 0.717) is 36.3 Å². The van der Waals surface area contributed by atoms with Crippen molar-refractivity contribution in [2.75, 3.05) is 19.8 Å². The first-order valence-corrected chi connectivity index (χ1v) is 7.54. The van der Waals surface area contributed by atoms with Crippen LogP contribution in [0.3, 0.4) is 0 Å². The van der Waals surface area contributed by atoms with E-state index in [1.807, 2.05) is 6.07 Å². The number of carbonyl (C=O) groups excluding carboxylic acids is 1. The summed E-state index contributed by atoms with van der Waals surface area (Å²) in [5.41, 5.74) is 0.137. The SMILES string of the molecule is CC(C)(CO)NC(=O)NCc1cc(Cl)c2c(c1)OCCCO2. The lowest BCUT2D eigenvalue weighted by Gasteiger charge is -2.23. The molecule has 0 atom stereocenters. The number of aliphatic hydroxyl groups is 1. The van der Waals surface area contributed by atoms with Crippen molar-refractivity contribution in [1.29, 1.82) is 0 Å². The second-order valence-corrected chi connectivity index (χ2v) is 6.21. The van der Waals surface area contributed by atoms with Crippen molar-refractivity contribution in [3.63, 3.8) is 0 Å². The van der Waals surface area contributed by atoms with Crippen molar-refractivity contribution in [2.45, 2.75) is 32.4 Å². The van der Waals surface area contributed by atoms with E-state index < -0.39 is 5.54 Å². The highest BCUT2D eigenvalue weighted by Gasteiger charge is 2.19. The Balaban J connectivity index is 2.00. The van der Waals surface area contributed by atoms with Crippen LogP contribution in [0.5, 0.6) is 11.5 Å². The van der Waals surface area contributed by atoms with Crippen LogP contribution in [0.2, 0.25) is 5.02 Å². The summed E-state index contributed by atoms with van der Waals surface area (Å²) in [4.78, 5) is 11.8. The minimum atomic E-state index is -0.674. The smallest absolute Gasteiger partial charge is 0.315 e. The highest BCUT2D eigenvalue weighted by atomic mass is 35.5. The minimum Gasteiger partial charge on any atom is -0.489 e. The number of fused-ring (bicyclic) bond motifs is 1. The molecule has 0 saturated carbocycles. The number of aliphatic hydroxyl groups excluding tert-OH is 1. The Kier molecular flexibility index (Phi) is 5.37. The second-order valence-electron chi connectivity index (χ2n) is 5.81. The molecule has 0 aromatic heterocycles. The van der Waals surface area contributed by atoms with Crippen LogP contribution in [0.25, 0.3) is 0 Å². The third kappa shape index (κ3) is 4.42. The number of nitrogens with one attached hydrogen (secondary N) is 2. The molecule has 2 rings (SSSR count). The zero-order chi connectivity index (χ0) is 16.2. The summed E-state index contributed by atoms with van der Waals surface area (Å²) in [6.45, 7) is 4.77. The van der Waals surface area contributed by atoms with E-state index in [1.165, 1.54) is 0 Å². The van der Waals surface area contributed by atoms with E-state index in [2.05, 4.69) is 10.6 Å². The molecule has 7 heteroatoms. The zero-order valence-corrected chi connectivity index (χ0v) is 13.5. The first kappa shape index (κ1) is 16.7. The first-order chi connectivity index (χ1) is 10.4. The lowest BCUT2D eigenvalue weighted by molar-refractivity contribution is 0.182. The highest BCUT2D eigenvalue weighted by molar-refractivity contribution is 6.32. The van der Waals surface area contributed by atoms with E-state index in [0.717, 1.165) is 12.0 Å². The average Bonchev–Trinajstić information content (AvgIpc) is 2.70. The molecule has 22 heavy (non-hydrogen) atoms. The molecular weight excluding hydrogens is 308 g/mol. The molecule has 3 N–H and O–H groups in total. The summed E-state index contributed by atoms with van der Waals surface area (Å²) in [5.74, 6) is 1.15. The number of amides is 2. The number of halogens is 1. The summed E-state index contributed by atoms with van der Waals surface area (Å²) < 4.78 is 11.2. The summed E-state index contributed by atoms with van der Waals surface area (Å²) >= 11 is 6.20. The van der Waals surface area contributed by atoms with Gasteiger partial charge in [-0.2, -0.15) is 0 Å². The van der Waals surface area contributed by atoms with Gasteiger partial charge in [-0.15, -0.1) is 0 Å². The second kappa shape index (κ2) is 7.07. The summed E-state index contributed by atoms with van der Waals surface area (Å²) in [6, 6.07) is 3.19. The monoisotopic (exact) mass is 328 g/mol. The maximum atomic E-state index is 11.8. The Bertz CT molecular complexity index is 549. The molecule has 0 saturated heterocycles. The molecule has 0 radical (unpaired) electrons. The topological polar surface area (TPSA) is 79.8 Å². The highest BCUT2D eigenvalue weighted by Crippen LogP contribution is 2.37. The van der Waals surface area contributed by atoms with Crippen LogP contribution < -0.4 is 20.1 Å². The molecule has 2 amide bonds. The number of benzene rings is 1. The van der Waals surface area contributed by atoms with Gasteiger partial charge in [-0.05, 0) is 31.5 Å². The van der Waals surface area contributed by atoms with Gasteiger partial charge in [0, 0.05) is 13.0 Å². The molecule has 0 spiro atoms. The van der Waals surface area contributed by atoms with Gasteiger partial charge in [0.25, 0.3) is 0 Å². The molecule has 0 fully saturated rings. The molecule has 6 nitrogen and oxygen atoms in total. The number of hydrogen-bond acceptors (Lipinski definition) is 4. The largest absolute Gasteiger partial charge is 0.489 e. The van der Waals surface area contributed by atoms with Gasteiger partial charge in [-0.3, -0.25) is 0 Å². The van der Waals surface area contributed by atoms with Crippen LogP contribution in [0.15, 0.2) is 12.1 Å². The summed E-state index contributed by atoms with van der Waals surface area (Å²) in [7, 11) is 0. The van der Waals surface area contributed by atoms with Crippen LogP contribution >= 0.6 is 11.6 Å². The van der Waals surface area contributed by atoms with Crippen molar-refractivity contribution < 1.29 is 19.4 Å². The fraction of sp³-hybridized carbons (Fsp3) is 0.533. The molecule has 1 aliphatic heterocycles. The van der Waals surface area contributed by atoms with E-state index in [4.69, 9.17) is 26.2 Å². The van der Waals surface area contributed by atoms with Gasteiger partial charge >= 0.3 is 6.03 Å². The Morgan fingerprint density at radius 1 is 1.36 bits per heavy atom. The molecule has 0 unspecified atom stereocenters. The number of hydrogen-bond donors (Lipinski definition) is 3. The zero-order valence-electron chi connectivity index (χ0n) is 12.7. The first-order valence-electron chi connectivity index (χ1n) is 7.16. The van der Waals surface area contributed by atoms with Crippen molar-refractivity contribution >= 4 is 17.6 Å². The van der Waals surface area contributed by atoms with Gasteiger partial charge in [-0.1, -0.05) is 11.6 Å². The molecule has 1 aromatic carbocycles. The van der Waals surface area contributed by atoms with Crippen molar-refractivity contribution in [2.24, 2.45) is 0 Å². The van der Waals surface area contributed by atoms with Crippen molar-refractivity contribution in [1.82, 2.24) is 10.6 Å².